The number of ether oxygens (including phenoxy) is 1. The first-order valence-corrected chi connectivity index (χ1v) is 6.01. The Morgan fingerprint density at radius 1 is 1.00 bits per heavy atom. The zero-order valence-corrected chi connectivity index (χ0v) is 10.1. The molecule has 3 heteroatoms. The van der Waals surface area contributed by atoms with Crippen molar-refractivity contribution in [1.82, 2.24) is 0 Å². The second-order valence-electron chi connectivity index (χ2n) is 4.32. The fourth-order valence-corrected chi connectivity index (χ4v) is 2.22. The van der Waals surface area contributed by atoms with Gasteiger partial charge in [0.1, 0.15) is 5.75 Å². The Hall–Kier alpha value is -2.55. The van der Waals surface area contributed by atoms with Crippen LogP contribution < -0.4 is 4.74 Å². The average Bonchev–Trinajstić information content (AvgIpc) is 2.48. The van der Waals surface area contributed by atoms with Crippen molar-refractivity contribution in [2.24, 2.45) is 0 Å². The minimum atomic E-state index is -0.561. The fourth-order valence-electron chi connectivity index (χ4n) is 2.22. The highest BCUT2D eigenvalue weighted by Gasteiger charge is 2.32. The summed E-state index contributed by atoms with van der Waals surface area (Å²) < 4.78 is 5.84. The summed E-state index contributed by atoms with van der Waals surface area (Å²) in [5.41, 5.74) is 1.57. The number of aliphatic hydroxyl groups excluding tert-OH is 1. The standard InChI is InChI=1S/C16H12O3/c17-10-13-15(18)12-8-4-5-9-14(12)19-16(13)11-6-2-1-3-7-11/h1-10,16-17H/b13-10-/t16-/m1/s1. The van der Waals surface area contributed by atoms with Crippen LogP contribution >= 0.6 is 0 Å². The first-order chi connectivity index (χ1) is 9.31. The molecule has 0 unspecified atom stereocenters. The third-order valence-corrected chi connectivity index (χ3v) is 3.16. The lowest BCUT2D eigenvalue weighted by Gasteiger charge is -2.27. The zero-order valence-electron chi connectivity index (χ0n) is 10.1. The van der Waals surface area contributed by atoms with E-state index in [0.717, 1.165) is 11.8 Å². The van der Waals surface area contributed by atoms with E-state index in [2.05, 4.69) is 0 Å². The predicted molar refractivity (Wildman–Crippen MR) is 71.3 cm³/mol. The number of para-hydroxylation sites is 1. The first-order valence-electron chi connectivity index (χ1n) is 6.01. The molecule has 19 heavy (non-hydrogen) atoms. The van der Waals surface area contributed by atoms with Gasteiger partial charge in [-0.2, -0.15) is 0 Å². The van der Waals surface area contributed by atoms with Gasteiger partial charge >= 0.3 is 0 Å². The van der Waals surface area contributed by atoms with Crippen LogP contribution in [0.3, 0.4) is 0 Å². The molecule has 0 aromatic heterocycles. The van der Waals surface area contributed by atoms with Crippen LogP contribution in [0.1, 0.15) is 22.0 Å². The number of rotatable bonds is 1. The summed E-state index contributed by atoms with van der Waals surface area (Å²) in [6.07, 6.45) is 0.282. The molecule has 1 aliphatic rings. The van der Waals surface area contributed by atoms with Gasteiger partial charge in [0.15, 0.2) is 11.9 Å². The van der Waals surface area contributed by atoms with E-state index in [4.69, 9.17) is 4.74 Å². The largest absolute Gasteiger partial charge is 0.515 e. The molecule has 94 valence electrons. The molecule has 0 fully saturated rings. The Labute approximate surface area is 110 Å². The number of aliphatic hydroxyl groups is 1. The van der Waals surface area contributed by atoms with Crippen LogP contribution in [0.2, 0.25) is 0 Å². The summed E-state index contributed by atoms with van der Waals surface area (Å²) in [4.78, 5) is 12.3. The maximum absolute atomic E-state index is 12.3. The van der Waals surface area contributed by atoms with Crippen LogP contribution in [0.15, 0.2) is 66.4 Å². The molecule has 1 N–H and O–H groups in total. The molecule has 3 rings (SSSR count). The van der Waals surface area contributed by atoms with Gasteiger partial charge in [-0.3, -0.25) is 4.79 Å². The van der Waals surface area contributed by atoms with E-state index >= 15 is 0 Å². The molecular weight excluding hydrogens is 240 g/mol. The molecule has 0 spiro atoms. The average molecular weight is 252 g/mol. The van der Waals surface area contributed by atoms with Gasteiger partial charge in [-0.05, 0) is 17.7 Å². The Morgan fingerprint density at radius 3 is 2.42 bits per heavy atom. The number of Topliss-reactive ketones (excluding diaryl/α,β-unsaturated/α-hetero) is 1. The number of hydrogen-bond acceptors (Lipinski definition) is 3. The van der Waals surface area contributed by atoms with Crippen molar-refractivity contribution in [2.45, 2.75) is 6.10 Å². The summed E-state index contributed by atoms with van der Waals surface area (Å²) in [7, 11) is 0. The minimum Gasteiger partial charge on any atom is -0.515 e. The third kappa shape index (κ3) is 1.89. The van der Waals surface area contributed by atoms with E-state index in [9.17, 15) is 9.90 Å². The second-order valence-corrected chi connectivity index (χ2v) is 4.32. The molecule has 1 aliphatic heterocycles. The van der Waals surface area contributed by atoms with Crippen molar-refractivity contribution in [2.75, 3.05) is 0 Å². The lowest BCUT2D eigenvalue weighted by atomic mass is 9.92. The molecular formula is C16H12O3. The quantitative estimate of drug-likeness (QED) is 0.624. The zero-order chi connectivity index (χ0) is 13.2. The molecule has 0 saturated heterocycles. The maximum Gasteiger partial charge on any atom is 0.199 e. The smallest absolute Gasteiger partial charge is 0.199 e. The van der Waals surface area contributed by atoms with Crippen LogP contribution in [0.5, 0.6) is 5.75 Å². The van der Waals surface area contributed by atoms with Crippen molar-refractivity contribution in [3.05, 3.63) is 77.6 Å². The van der Waals surface area contributed by atoms with E-state index in [0.29, 0.717) is 11.3 Å². The van der Waals surface area contributed by atoms with Crippen LogP contribution in [0, 0.1) is 0 Å². The van der Waals surface area contributed by atoms with Gasteiger partial charge in [-0.25, -0.2) is 0 Å². The van der Waals surface area contributed by atoms with Crippen LogP contribution in [-0.4, -0.2) is 10.9 Å². The molecule has 0 saturated carbocycles. The molecule has 3 nitrogen and oxygen atoms in total. The molecule has 1 heterocycles. The molecule has 2 aromatic carbocycles. The molecule has 2 aromatic rings. The molecule has 0 amide bonds. The summed E-state index contributed by atoms with van der Waals surface area (Å²) in [6.45, 7) is 0. The van der Waals surface area contributed by atoms with Gasteiger partial charge < -0.3 is 9.84 Å². The van der Waals surface area contributed by atoms with Gasteiger partial charge in [0.2, 0.25) is 0 Å². The highest BCUT2D eigenvalue weighted by atomic mass is 16.5. The van der Waals surface area contributed by atoms with Crippen molar-refractivity contribution >= 4 is 5.78 Å². The molecule has 0 aliphatic carbocycles. The van der Waals surface area contributed by atoms with Crippen LogP contribution in [-0.2, 0) is 0 Å². The van der Waals surface area contributed by atoms with Crippen molar-refractivity contribution in [3.63, 3.8) is 0 Å². The van der Waals surface area contributed by atoms with E-state index in [1.807, 2.05) is 36.4 Å². The van der Waals surface area contributed by atoms with Gasteiger partial charge in [0.25, 0.3) is 0 Å². The lowest BCUT2D eigenvalue weighted by Crippen LogP contribution is -2.23. The maximum atomic E-state index is 12.3. The van der Waals surface area contributed by atoms with Crippen molar-refractivity contribution in [1.29, 1.82) is 0 Å². The summed E-state index contributed by atoms with van der Waals surface area (Å²) >= 11 is 0. The van der Waals surface area contributed by atoms with E-state index in [1.165, 1.54) is 0 Å². The Morgan fingerprint density at radius 2 is 1.68 bits per heavy atom. The second kappa shape index (κ2) is 4.61. The minimum absolute atomic E-state index is 0.196. The third-order valence-electron chi connectivity index (χ3n) is 3.16. The Balaban J connectivity index is 2.11. The fraction of sp³-hybridized carbons (Fsp3) is 0.0625. The van der Waals surface area contributed by atoms with Crippen molar-refractivity contribution in [3.8, 4) is 5.75 Å². The topological polar surface area (TPSA) is 46.5 Å². The van der Waals surface area contributed by atoms with E-state index in [1.54, 1.807) is 18.2 Å². The molecule has 0 bridgehead atoms. The highest BCUT2D eigenvalue weighted by molar-refractivity contribution is 6.12. The Kier molecular flexibility index (Phi) is 2.80. The predicted octanol–water partition coefficient (Wildman–Crippen LogP) is 3.44. The number of carbonyl (C=O) groups is 1. The molecule has 0 radical (unpaired) electrons. The number of carbonyl (C=O) groups excluding carboxylic acids is 1. The van der Waals surface area contributed by atoms with Crippen LogP contribution in [0.25, 0.3) is 0 Å². The number of benzene rings is 2. The SMILES string of the molecule is O=C1/C(=C/O)[C@@H](c2ccccc2)Oc2ccccc21. The monoisotopic (exact) mass is 252 g/mol. The number of fused-ring (bicyclic) bond motifs is 1. The normalized spacial score (nSPS) is 19.9. The summed E-state index contributed by atoms with van der Waals surface area (Å²) in [6, 6.07) is 16.4. The van der Waals surface area contributed by atoms with E-state index < -0.39 is 6.10 Å². The van der Waals surface area contributed by atoms with Gasteiger partial charge in [0, 0.05) is 0 Å². The highest BCUT2D eigenvalue weighted by Crippen LogP contribution is 2.37. The van der Waals surface area contributed by atoms with Gasteiger partial charge in [-0.15, -0.1) is 0 Å². The van der Waals surface area contributed by atoms with Crippen LogP contribution in [0.4, 0.5) is 0 Å². The number of ketones is 1. The first kappa shape index (κ1) is 11.5. The van der Waals surface area contributed by atoms with E-state index in [-0.39, 0.29) is 11.4 Å². The lowest BCUT2D eigenvalue weighted by molar-refractivity contribution is 0.0955. The number of hydrogen-bond donors (Lipinski definition) is 1. The van der Waals surface area contributed by atoms with Gasteiger partial charge in [-0.1, -0.05) is 42.5 Å². The summed E-state index contributed by atoms with van der Waals surface area (Å²) in [5, 5.41) is 9.36. The van der Waals surface area contributed by atoms with Crippen molar-refractivity contribution < 1.29 is 14.6 Å². The van der Waals surface area contributed by atoms with Gasteiger partial charge in [0.05, 0.1) is 17.4 Å². The molecule has 1 atom stereocenters. The summed E-state index contributed by atoms with van der Waals surface area (Å²) in [5.74, 6) is 0.352. The Bertz CT molecular complexity index is 644.